The molecule has 0 N–H and O–H groups in total. The van der Waals surface area contributed by atoms with Gasteiger partial charge in [0.15, 0.2) is 8.32 Å². The third-order valence-electron chi connectivity index (χ3n) is 7.30. The summed E-state index contributed by atoms with van der Waals surface area (Å²) < 4.78 is 46.4. The third-order valence-corrected chi connectivity index (χ3v) is 11.8. The van der Waals surface area contributed by atoms with Gasteiger partial charge in [-0.15, -0.1) is 0 Å². The molecule has 1 unspecified atom stereocenters. The van der Waals surface area contributed by atoms with Gasteiger partial charge < -0.3 is 4.43 Å². The molecule has 1 aliphatic heterocycles. The van der Waals surface area contributed by atoms with Gasteiger partial charge in [-0.05, 0) is 80.9 Å². The zero-order valence-electron chi connectivity index (χ0n) is 18.5. The second-order valence-electron chi connectivity index (χ2n) is 10.4. The van der Waals surface area contributed by atoms with E-state index < -0.39 is 20.1 Å². The Hall–Kier alpha value is -0.853. The van der Waals surface area contributed by atoms with Crippen LogP contribution < -0.4 is 0 Å². The van der Waals surface area contributed by atoms with Crippen LogP contribution in [0.1, 0.15) is 69.9 Å². The SMILES string of the molecule is CC(C)(C)[Si](C)(C)OC1CC[C@H](c2cccc(C(F)(F)F)c2)C[C@@H]1N1CCCC1. The van der Waals surface area contributed by atoms with E-state index in [1.807, 2.05) is 6.07 Å². The highest BCUT2D eigenvalue weighted by Gasteiger charge is 2.44. The highest BCUT2D eigenvalue weighted by molar-refractivity contribution is 6.74. The lowest BCUT2D eigenvalue weighted by atomic mass is 9.79. The summed E-state index contributed by atoms with van der Waals surface area (Å²) in [7, 11) is -1.90. The standard InChI is InChI=1S/C23H36F3NOSi/c1-22(2,3)29(4,5)28-21-12-11-18(16-20(21)27-13-6-7-14-27)17-9-8-10-19(15-17)23(24,25)26/h8-10,15,18,20-21H,6-7,11-14,16H2,1-5H3/t18-,20-,21?/m0/s1. The summed E-state index contributed by atoms with van der Waals surface area (Å²) in [6.07, 6.45) is 1.03. The summed E-state index contributed by atoms with van der Waals surface area (Å²) in [5.41, 5.74) is 0.294. The van der Waals surface area contributed by atoms with E-state index >= 15 is 0 Å². The fourth-order valence-electron chi connectivity index (χ4n) is 4.54. The second kappa shape index (κ2) is 8.35. The van der Waals surface area contributed by atoms with Crippen LogP contribution in [0.2, 0.25) is 18.1 Å². The van der Waals surface area contributed by atoms with Gasteiger partial charge in [-0.3, -0.25) is 4.90 Å². The van der Waals surface area contributed by atoms with E-state index in [1.165, 1.54) is 25.0 Å². The van der Waals surface area contributed by atoms with Crippen molar-refractivity contribution in [1.29, 1.82) is 0 Å². The monoisotopic (exact) mass is 427 g/mol. The molecule has 0 aromatic heterocycles. The van der Waals surface area contributed by atoms with E-state index in [-0.39, 0.29) is 17.1 Å². The maximum Gasteiger partial charge on any atom is 0.416 e. The number of alkyl halides is 3. The van der Waals surface area contributed by atoms with Crippen LogP contribution in [0, 0.1) is 0 Å². The van der Waals surface area contributed by atoms with Gasteiger partial charge in [-0.25, -0.2) is 0 Å². The molecule has 1 heterocycles. The molecule has 1 aromatic carbocycles. The van der Waals surface area contributed by atoms with E-state index in [1.54, 1.807) is 6.07 Å². The molecule has 1 aliphatic carbocycles. The Morgan fingerprint density at radius 3 is 2.28 bits per heavy atom. The molecule has 2 fully saturated rings. The quantitative estimate of drug-likeness (QED) is 0.488. The fraction of sp³-hybridized carbons (Fsp3) is 0.739. The Morgan fingerprint density at radius 1 is 1.03 bits per heavy atom. The summed E-state index contributed by atoms with van der Waals surface area (Å²) in [6.45, 7) is 13.5. The maximum absolute atomic E-state index is 13.2. The van der Waals surface area contributed by atoms with Crippen LogP contribution in [0.5, 0.6) is 0 Å². The molecular formula is C23H36F3NOSi. The van der Waals surface area contributed by atoms with Crippen molar-refractivity contribution in [3.8, 4) is 0 Å². The Labute approximate surface area is 174 Å². The van der Waals surface area contributed by atoms with Gasteiger partial charge in [0.05, 0.1) is 11.7 Å². The van der Waals surface area contributed by atoms with Gasteiger partial charge in [0.1, 0.15) is 0 Å². The molecule has 0 radical (unpaired) electrons. The zero-order valence-corrected chi connectivity index (χ0v) is 19.5. The smallest absolute Gasteiger partial charge is 0.412 e. The van der Waals surface area contributed by atoms with Crippen LogP contribution >= 0.6 is 0 Å². The topological polar surface area (TPSA) is 12.5 Å². The van der Waals surface area contributed by atoms with Crippen molar-refractivity contribution in [2.24, 2.45) is 0 Å². The van der Waals surface area contributed by atoms with E-state index in [0.29, 0.717) is 6.04 Å². The van der Waals surface area contributed by atoms with Crippen molar-refractivity contribution >= 4 is 8.32 Å². The number of benzene rings is 1. The zero-order chi connectivity index (χ0) is 21.4. The molecule has 1 aromatic rings. The van der Waals surface area contributed by atoms with Crippen molar-refractivity contribution in [2.45, 2.75) is 95.2 Å². The Kier molecular flexibility index (Phi) is 6.57. The van der Waals surface area contributed by atoms with E-state index in [9.17, 15) is 13.2 Å². The Morgan fingerprint density at radius 2 is 1.69 bits per heavy atom. The summed E-state index contributed by atoms with van der Waals surface area (Å²) in [5.74, 6) is 0.169. The lowest BCUT2D eigenvalue weighted by molar-refractivity contribution is -0.137. The average molecular weight is 428 g/mol. The lowest BCUT2D eigenvalue weighted by Crippen LogP contribution is -2.53. The summed E-state index contributed by atoms with van der Waals surface area (Å²) in [6, 6.07) is 6.27. The molecule has 29 heavy (non-hydrogen) atoms. The lowest BCUT2D eigenvalue weighted by Gasteiger charge is -2.47. The Bertz CT molecular complexity index is 692. The van der Waals surface area contributed by atoms with Crippen LogP contribution in [0.4, 0.5) is 13.2 Å². The van der Waals surface area contributed by atoms with Gasteiger partial charge in [0, 0.05) is 6.04 Å². The summed E-state index contributed by atoms with van der Waals surface area (Å²) in [5, 5.41) is 0.153. The van der Waals surface area contributed by atoms with Crippen LogP contribution in [0.3, 0.4) is 0 Å². The first-order valence-corrected chi connectivity index (χ1v) is 13.9. The first-order valence-electron chi connectivity index (χ1n) is 11.0. The molecule has 1 saturated carbocycles. The number of halogens is 3. The molecule has 3 rings (SSSR count). The number of rotatable bonds is 4. The third kappa shape index (κ3) is 5.26. The molecule has 164 valence electrons. The van der Waals surface area contributed by atoms with Crippen molar-refractivity contribution in [2.75, 3.05) is 13.1 Å². The first-order chi connectivity index (χ1) is 13.4. The Balaban J connectivity index is 1.81. The molecule has 0 amide bonds. The van der Waals surface area contributed by atoms with Crippen LogP contribution in [-0.4, -0.2) is 38.5 Å². The minimum absolute atomic E-state index is 0.153. The van der Waals surface area contributed by atoms with Crippen LogP contribution in [-0.2, 0) is 10.6 Å². The molecule has 0 bridgehead atoms. The van der Waals surface area contributed by atoms with Gasteiger partial charge in [0.25, 0.3) is 0 Å². The van der Waals surface area contributed by atoms with Crippen molar-refractivity contribution < 1.29 is 17.6 Å². The van der Waals surface area contributed by atoms with Gasteiger partial charge in [0.2, 0.25) is 0 Å². The largest absolute Gasteiger partial charge is 0.416 e. The van der Waals surface area contributed by atoms with Crippen LogP contribution in [0.15, 0.2) is 24.3 Å². The maximum atomic E-state index is 13.2. The normalized spacial score (nSPS) is 27.4. The van der Waals surface area contributed by atoms with Gasteiger partial charge in [-0.2, -0.15) is 13.2 Å². The van der Waals surface area contributed by atoms with Gasteiger partial charge in [-0.1, -0.05) is 39.0 Å². The first kappa shape index (κ1) is 22.8. The predicted octanol–water partition coefficient (Wildman–Crippen LogP) is 6.83. The summed E-state index contributed by atoms with van der Waals surface area (Å²) in [4.78, 5) is 2.54. The minimum atomic E-state index is -4.28. The summed E-state index contributed by atoms with van der Waals surface area (Å²) >= 11 is 0. The van der Waals surface area contributed by atoms with Crippen LogP contribution in [0.25, 0.3) is 0 Å². The molecule has 1 saturated heterocycles. The van der Waals surface area contributed by atoms with Crippen molar-refractivity contribution in [1.82, 2.24) is 4.90 Å². The number of nitrogens with zero attached hydrogens (tertiary/aromatic N) is 1. The van der Waals surface area contributed by atoms with E-state index in [4.69, 9.17) is 4.43 Å². The molecule has 3 atom stereocenters. The highest BCUT2D eigenvalue weighted by Crippen LogP contribution is 2.43. The minimum Gasteiger partial charge on any atom is -0.412 e. The van der Waals surface area contributed by atoms with E-state index in [0.717, 1.165) is 37.9 Å². The van der Waals surface area contributed by atoms with E-state index in [2.05, 4.69) is 38.8 Å². The molecule has 2 aliphatic rings. The number of likely N-dealkylation sites (tertiary alicyclic amines) is 1. The van der Waals surface area contributed by atoms with Crippen molar-refractivity contribution in [3.63, 3.8) is 0 Å². The molecule has 2 nitrogen and oxygen atoms in total. The number of hydrogen-bond acceptors (Lipinski definition) is 2. The molecule has 0 spiro atoms. The second-order valence-corrected chi connectivity index (χ2v) is 15.1. The van der Waals surface area contributed by atoms with Crippen molar-refractivity contribution in [3.05, 3.63) is 35.4 Å². The predicted molar refractivity (Wildman–Crippen MR) is 115 cm³/mol. The molecular weight excluding hydrogens is 391 g/mol. The molecule has 6 heteroatoms. The average Bonchev–Trinajstić information content (AvgIpc) is 3.14. The highest BCUT2D eigenvalue weighted by atomic mass is 28.4. The number of hydrogen-bond donors (Lipinski definition) is 0. The van der Waals surface area contributed by atoms with Gasteiger partial charge >= 0.3 is 6.18 Å². The fourth-order valence-corrected chi connectivity index (χ4v) is 5.93.